The summed E-state index contributed by atoms with van der Waals surface area (Å²) in [5.74, 6) is -0.421. The minimum Gasteiger partial charge on any atom is -0.406 e. The fraction of sp³-hybridized carbons (Fsp3) is 0.250. The third-order valence-corrected chi connectivity index (χ3v) is 3.53. The van der Waals surface area contributed by atoms with Crippen LogP contribution in [0, 0.1) is 0 Å². The van der Waals surface area contributed by atoms with Crippen molar-refractivity contribution < 1.29 is 9.52 Å². The number of aliphatic hydroxyl groups is 1. The lowest BCUT2D eigenvalue weighted by Crippen LogP contribution is -2.30. The van der Waals surface area contributed by atoms with Gasteiger partial charge in [0.15, 0.2) is 11.2 Å². The Morgan fingerprint density at radius 3 is 2.82 bits per heavy atom. The summed E-state index contributed by atoms with van der Waals surface area (Å²) in [6.45, 7) is 0.931. The normalized spacial score (nSPS) is 12.6. The second-order valence-corrected chi connectivity index (χ2v) is 4.94. The molecule has 2 N–H and O–H groups in total. The molecule has 0 unspecified atom stereocenters. The maximum Gasteiger partial charge on any atom is 0.421 e. The van der Waals surface area contributed by atoms with E-state index in [9.17, 15) is 9.90 Å². The first-order valence-corrected chi connectivity index (χ1v) is 7.13. The zero-order valence-electron chi connectivity index (χ0n) is 12.0. The highest BCUT2D eigenvalue weighted by Gasteiger charge is 2.12. The SMILES string of the molecule is O=c1oc2cccnc2n1CCN[C@H](CO)c1ccccc1. The molecule has 6 heteroatoms. The van der Waals surface area contributed by atoms with Crippen molar-refractivity contribution in [3.8, 4) is 0 Å². The van der Waals surface area contributed by atoms with E-state index in [-0.39, 0.29) is 12.6 Å². The summed E-state index contributed by atoms with van der Waals surface area (Å²) in [6, 6.07) is 13.0. The fourth-order valence-corrected chi connectivity index (χ4v) is 2.42. The largest absolute Gasteiger partial charge is 0.421 e. The average molecular weight is 299 g/mol. The van der Waals surface area contributed by atoms with Gasteiger partial charge in [0.2, 0.25) is 0 Å². The van der Waals surface area contributed by atoms with Crippen LogP contribution in [0.5, 0.6) is 0 Å². The summed E-state index contributed by atoms with van der Waals surface area (Å²) in [4.78, 5) is 16.0. The summed E-state index contributed by atoms with van der Waals surface area (Å²) in [5.41, 5.74) is 2.02. The summed E-state index contributed by atoms with van der Waals surface area (Å²) in [6.07, 6.45) is 1.63. The molecule has 0 saturated carbocycles. The number of aromatic nitrogens is 2. The van der Waals surface area contributed by atoms with Crippen LogP contribution >= 0.6 is 0 Å². The Labute approximate surface area is 127 Å². The third kappa shape index (κ3) is 2.93. The van der Waals surface area contributed by atoms with Crippen LogP contribution < -0.4 is 11.1 Å². The molecule has 0 fully saturated rings. The van der Waals surface area contributed by atoms with Gasteiger partial charge in [0.05, 0.1) is 12.6 Å². The van der Waals surface area contributed by atoms with Crippen molar-refractivity contribution in [2.75, 3.05) is 13.2 Å². The van der Waals surface area contributed by atoms with Crippen LogP contribution in [0.4, 0.5) is 0 Å². The second-order valence-electron chi connectivity index (χ2n) is 4.94. The van der Waals surface area contributed by atoms with Gasteiger partial charge in [-0.3, -0.25) is 4.57 Å². The Balaban J connectivity index is 1.69. The molecule has 2 heterocycles. The highest BCUT2D eigenvalue weighted by atomic mass is 16.4. The maximum atomic E-state index is 11.8. The molecule has 1 aromatic carbocycles. The van der Waals surface area contributed by atoms with Crippen LogP contribution in [0.15, 0.2) is 57.9 Å². The van der Waals surface area contributed by atoms with Crippen LogP contribution in [0.25, 0.3) is 11.2 Å². The van der Waals surface area contributed by atoms with Crippen LogP contribution in [0.3, 0.4) is 0 Å². The zero-order chi connectivity index (χ0) is 15.4. The predicted molar refractivity (Wildman–Crippen MR) is 82.5 cm³/mol. The number of oxazole rings is 1. The minimum atomic E-state index is -0.421. The molecular formula is C16H17N3O3. The Bertz CT molecular complexity index is 795. The van der Waals surface area contributed by atoms with E-state index in [4.69, 9.17) is 4.42 Å². The molecule has 0 spiro atoms. The first kappa shape index (κ1) is 14.5. The Hall–Kier alpha value is -2.44. The monoisotopic (exact) mass is 299 g/mol. The number of benzene rings is 1. The molecule has 1 atom stereocenters. The molecule has 0 aliphatic carbocycles. The van der Waals surface area contributed by atoms with Crippen molar-refractivity contribution >= 4 is 11.2 Å². The number of pyridine rings is 1. The summed E-state index contributed by atoms with van der Waals surface area (Å²) in [7, 11) is 0. The number of nitrogens with one attached hydrogen (secondary N) is 1. The molecule has 0 bridgehead atoms. The lowest BCUT2D eigenvalue weighted by molar-refractivity contribution is 0.243. The molecule has 6 nitrogen and oxygen atoms in total. The van der Waals surface area contributed by atoms with E-state index in [1.165, 1.54) is 4.57 Å². The van der Waals surface area contributed by atoms with Crippen LogP contribution in [-0.4, -0.2) is 27.8 Å². The number of rotatable bonds is 6. The highest BCUT2D eigenvalue weighted by Crippen LogP contribution is 2.12. The van der Waals surface area contributed by atoms with Crippen LogP contribution in [0.1, 0.15) is 11.6 Å². The number of hydrogen-bond acceptors (Lipinski definition) is 5. The van der Waals surface area contributed by atoms with Crippen molar-refractivity contribution in [2.24, 2.45) is 0 Å². The minimum absolute atomic E-state index is 0.0106. The van der Waals surface area contributed by atoms with Gasteiger partial charge < -0.3 is 14.8 Å². The highest BCUT2D eigenvalue weighted by molar-refractivity contribution is 5.67. The third-order valence-electron chi connectivity index (χ3n) is 3.53. The molecule has 0 radical (unpaired) electrons. The van der Waals surface area contributed by atoms with Gasteiger partial charge in [-0.1, -0.05) is 30.3 Å². The van der Waals surface area contributed by atoms with Gasteiger partial charge in [0.1, 0.15) is 0 Å². The molecule has 0 saturated heterocycles. The molecular weight excluding hydrogens is 282 g/mol. The average Bonchev–Trinajstić information content (AvgIpc) is 2.88. The first-order chi connectivity index (χ1) is 10.8. The van der Waals surface area contributed by atoms with Gasteiger partial charge in [0, 0.05) is 19.3 Å². The lowest BCUT2D eigenvalue weighted by Gasteiger charge is -2.16. The van der Waals surface area contributed by atoms with Crippen molar-refractivity contribution in [1.29, 1.82) is 0 Å². The van der Waals surface area contributed by atoms with Gasteiger partial charge in [-0.05, 0) is 17.7 Å². The Morgan fingerprint density at radius 1 is 1.23 bits per heavy atom. The van der Waals surface area contributed by atoms with Gasteiger partial charge >= 0.3 is 5.76 Å². The molecule has 22 heavy (non-hydrogen) atoms. The van der Waals surface area contributed by atoms with Gasteiger partial charge in [0.25, 0.3) is 0 Å². The van der Waals surface area contributed by atoms with E-state index in [0.29, 0.717) is 24.3 Å². The van der Waals surface area contributed by atoms with Gasteiger partial charge in [-0.15, -0.1) is 0 Å². The lowest BCUT2D eigenvalue weighted by atomic mass is 10.1. The Morgan fingerprint density at radius 2 is 2.05 bits per heavy atom. The molecule has 3 aromatic rings. The van der Waals surface area contributed by atoms with Crippen molar-refractivity contribution in [3.63, 3.8) is 0 Å². The van der Waals surface area contributed by atoms with E-state index >= 15 is 0 Å². The van der Waals surface area contributed by atoms with Gasteiger partial charge in [-0.2, -0.15) is 0 Å². The standard InChI is InChI=1S/C16H17N3O3/c20-11-13(12-5-2-1-3-6-12)17-9-10-19-15-14(22-16(19)21)7-4-8-18-15/h1-8,13,17,20H,9-11H2/t13-/m1/s1. The van der Waals surface area contributed by atoms with Crippen molar-refractivity contribution in [3.05, 3.63) is 64.8 Å². The van der Waals surface area contributed by atoms with Crippen molar-refractivity contribution in [1.82, 2.24) is 14.9 Å². The summed E-state index contributed by atoms with van der Waals surface area (Å²) < 4.78 is 6.62. The molecule has 2 aromatic heterocycles. The predicted octanol–water partition coefficient (Wildman–Crippen LogP) is 1.31. The number of aliphatic hydroxyl groups excluding tert-OH is 1. The second kappa shape index (κ2) is 6.55. The molecule has 0 aliphatic heterocycles. The number of hydrogen-bond donors (Lipinski definition) is 2. The van der Waals surface area contributed by atoms with E-state index in [0.717, 1.165) is 5.56 Å². The molecule has 114 valence electrons. The molecule has 0 amide bonds. The zero-order valence-corrected chi connectivity index (χ0v) is 12.0. The van der Waals surface area contributed by atoms with Crippen molar-refractivity contribution in [2.45, 2.75) is 12.6 Å². The van der Waals surface area contributed by atoms with E-state index in [2.05, 4.69) is 10.3 Å². The first-order valence-electron chi connectivity index (χ1n) is 7.13. The maximum absolute atomic E-state index is 11.8. The van der Waals surface area contributed by atoms with Gasteiger partial charge in [-0.25, -0.2) is 9.78 Å². The quantitative estimate of drug-likeness (QED) is 0.717. The van der Waals surface area contributed by atoms with E-state index < -0.39 is 5.76 Å². The van der Waals surface area contributed by atoms with E-state index in [1.807, 2.05) is 30.3 Å². The van der Waals surface area contributed by atoms with Crippen LogP contribution in [0.2, 0.25) is 0 Å². The summed E-state index contributed by atoms with van der Waals surface area (Å²) >= 11 is 0. The summed E-state index contributed by atoms with van der Waals surface area (Å²) in [5, 5.41) is 12.7. The van der Waals surface area contributed by atoms with Crippen LogP contribution in [-0.2, 0) is 6.54 Å². The number of nitrogens with zero attached hydrogens (tertiary/aromatic N) is 2. The fourth-order valence-electron chi connectivity index (χ4n) is 2.42. The molecule has 3 rings (SSSR count). The molecule has 0 aliphatic rings. The number of fused-ring (bicyclic) bond motifs is 1. The smallest absolute Gasteiger partial charge is 0.406 e. The Kier molecular flexibility index (Phi) is 4.32. The van der Waals surface area contributed by atoms with E-state index in [1.54, 1.807) is 18.3 Å². The topological polar surface area (TPSA) is 80.3 Å².